The highest BCUT2D eigenvalue weighted by Gasteiger charge is 2.15. The Morgan fingerprint density at radius 1 is 1.15 bits per heavy atom. The van der Waals surface area contributed by atoms with Crippen LogP contribution in [0.1, 0.15) is 22.7 Å². The average molecular weight is 341 g/mol. The molecular formula is C15H15BrF2N2. The SMILES string of the molecule is Cc1ccc(C(Cc2ccc(F)c(F)c2)NN)c(Br)c1. The molecule has 0 saturated carbocycles. The lowest BCUT2D eigenvalue weighted by Gasteiger charge is -2.18. The predicted molar refractivity (Wildman–Crippen MR) is 79.0 cm³/mol. The molecule has 0 saturated heterocycles. The molecule has 0 aliphatic rings. The molecule has 20 heavy (non-hydrogen) atoms. The van der Waals surface area contributed by atoms with E-state index in [1.54, 1.807) is 6.07 Å². The Morgan fingerprint density at radius 3 is 2.50 bits per heavy atom. The summed E-state index contributed by atoms with van der Waals surface area (Å²) in [6.07, 6.45) is 0.468. The van der Waals surface area contributed by atoms with Crippen LogP contribution < -0.4 is 11.3 Å². The average Bonchev–Trinajstić information content (AvgIpc) is 2.41. The van der Waals surface area contributed by atoms with Gasteiger partial charge in [-0.15, -0.1) is 0 Å². The van der Waals surface area contributed by atoms with Crippen LogP contribution in [0.5, 0.6) is 0 Å². The fourth-order valence-corrected chi connectivity index (χ4v) is 2.85. The van der Waals surface area contributed by atoms with E-state index in [0.717, 1.165) is 21.7 Å². The normalized spacial score (nSPS) is 12.4. The lowest BCUT2D eigenvalue weighted by Crippen LogP contribution is -2.29. The third-order valence-electron chi connectivity index (χ3n) is 3.16. The van der Waals surface area contributed by atoms with Crippen molar-refractivity contribution in [2.75, 3.05) is 0 Å². The number of nitrogens with two attached hydrogens (primary N) is 1. The molecule has 0 radical (unpaired) electrons. The van der Waals surface area contributed by atoms with E-state index in [1.165, 1.54) is 6.07 Å². The number of hydrogen-bond donors (Lipinski definition) is 2. The minimum atomic E-state index is -0.846. The Bertz CT molecular complexity index is 617. The van der Waals surface area contributed by atoms with Crippen LogP contribution in [-0.4, -0.2) is 0 Å². The summed E-state index contributed by atoms with van der Waals surface area (Å²) in [6.45, 7) is 1.99. The fraction of sp³-hybridized carbons (Fsp3) is 0.200. The molecule has 106 valence electrons. The van der Waals surface area contributed by atoms with Gasteiger partial charge in [0.15, 0.2) is 11.6 Å². The van der Waals surface area contributed by atoms with Gasteiger partial charge in [0.1, 0.15) is 0 Å². The second-order valence-corrected chi connectivity index (χ2v) is 5.55. The van der Waals surface area contributed by atoms with E-state index in [-0.39, 0.29) is 6.04 Å². The molecule has 0 aliphatic heterocycles. The highest BCUT2D eigenvalue weighted by atomic mass is 79.9. The third kappa shape index (κ3) is 3.42. The zero-order valence-corrected chi connectivity index (χ0v) is 12.5. The van der Waals surface area contributed by atoms with E-state index < -0.39 is 11.6 Å². The summed E-state index contributed by atoms with van der Waals surface area (Å²) < 4.78 is 27.1. The molecule has 0 fully saturated rings. The molecule has 5 heteroatoms. The number of hydrogen-bond acceptors (Lipinski definition) is 2. The molecule has 0 aromatic heterocycles. The van der Waals surface area contributed by atoms with Crippen molar-refractivity contribution < 1.29 is 8.78 Å². The lowest BCUT2D eigenvalue weighted by atomic mass is 9.98. The van der Waals surface area contributed by atoms with E-state index in [9.17, 15) is 8.78 Å². The number of aryl methyl sites for hydroxylation is 1. The third-order valence-corrected chi connectivity index (χ3v) is 3.84. The maximum Gasteiger partial charge on any atom is 0.159 e. The van der Waals surface area contributed by atoms with Gasteiger partial charge in [-0.2, -0.15) is 0 Å². The van der Waals surface area contributed by atoms with Gasteiger partial charge in [0, 0.05) is 4.47 Å². The van der Waals surface area contributed by atoms with Crippen LogP contribution in [0.2, 0.25) is 0 Å². The van der Waals surface area contributed by atoms with Gasteiger partial charge in [-0.25, -0.2) is 8.78 Å². The summed E-state index contributed by atoms with van der Waals surface area (Å²) in [5.74, 6) is 3.90. The summed E-state index contributed by atoms with van der Waals surface area (Å²) in [4.78, 5) is 0. The van der Waals surface area contributed by atoms with Gasteiger partial charge >= 0.3 is 0 Å². The standard InChI is InChI=1S/C15H15BrF2N2/c1-9-2-4-11(12(16)6-9)15(20-19)8-10-3-5-13(17)14(18)7-10/h2-7,15,20H,8,19H2,1H3. The van der Waals surface area contributed by atoms with Gasteiger partial charge in [-0.3, -0.25) is 11.3 Å². The van der Waals surface area contributed by atoms with Crippen molar-refractivity contribution in [2.24, 2.45) is 5.84 Å². The molecule has 0 aliphatic carbocycles. The van der Waals surface area contributed by atoms with Gasteiger partial charge in [-0.1, -0.05) is 34.1 Å². The van der Waals surface area contributed by atoms with Crippen molar-refractivity contribution in [3.8, 4) is 0 Å². The minimum Gasteiger partial charge on any atom is -0.271 e. The van der Waals surface area contributed by atoms with Crippen LogP contribution in [0.4, 0.5) is 8.78 Å². The number of hydrazine groups is 1. The molecular weight excluding hydrogens is 326 g/mol. The second kappa shape index (κ2) is 6.43. The van der Waals surface area contributed by atoms with Crippen LogP contribution in [0.15, 0.2) is 40.9 Å². The molecule has 0 spiro atoms. The fourth-order valence-electron chi connectivity index (χ4n) is 2.08. The monoisotopic (exact) mass is 340 g/mol. The van der Waals surface area contributed by atoms with Crippen molar-refractivity contribution in [2.45, 2.75) is 19.4 Å². The number of benzene rings is 2. The minimum absolute atomic E-state index is 0.185. The van der Waals surface area contributed by atoms with Crippen molar-refractivity contribution in [1.82, 2.24) is 5.43 Å². The van der Waals surface area contributed by atoms with Crippen LogP contribution in [0, 0.1) is 18.6 Å². The predicted octanol–water partition coefficient (Wildman–Crippen LogP) is 3.78. The molecule has 2 aromatic rings. The Balaban J connectivity index is 2.26. The summed E-state index contributed by atoms with van der Waals surface area (Å²) >= 11 is 3.50. The number of rotatable bonds is 4. The van der Waals surface area contributed by atoms with Crippen LogP contribution in [0.3, 0.4) is 0 Å². The van der Waals surface area contributed by atoms with Gasteiger partial charge in [0.05, 0.1) is 6.04 Å². The van der Waals surface area contributed by atoms with Gasteiger partial charge in [0.2, 0.25) is 0 Å². The Morgan fingerprint density at radius 2 is 1.90 bits per heavy atom. The van der Waals surface area contributed by atoms with E-state index in [4.69, 9.17) is 5.84 Å². The molecule has 1 atom stereocenters. The molecule has 2 aromatic carbocycles. The summed E-state index contributed by atoms with van der Waals surface area (Å²) in [5.41, 5.74) is 5.50. The molecule has 2 rings (SSSR count). The van der Waals surface area contributed by atoms with Gasteiger partial charge in [0.25, 0.3) is 0 Å². The van der Waals surface area contributed by atoms with E-state index in [2.05, 4.69) is 21.4 Å². The van der Waals surface area contributed by atoms with Crippen LogP contribution in [-0.2, 0) is 6.42 Å². The number of nitrogens with one attached hydrogen (secondary N) is 1. The molecule has 0 amide bonds. The summed E-state index contributed by atoms with van der Waals surface area (Å²) in [5, 5.41) is 0. The largest absolute Gasteiger partial charge is 0.271 e. The molecule has 3 N–H and O–H groups in total. The van der Waals surface area contributed by atoms with Crippen molar-refractivity contribution in [3.63, 3.8) is 0 Å². The zero-order chi connectivity index (χ0) is 14.7. The van der Waals surface area contributed by atoms with Gasteiger partial charge in [-0.05, 0) is 48.2 Å². The Labute approximate surface area is 125 Å². The summed E-state index contributed by atoms with van der Waals surface area (Å²) in [7, 11) is 0. The maximum atomic E-state index is 13.2. The first-order chi connectivity index (χ1) is 9.51. The van der Waals surface area contributed by atoms with Crippen molar-refractivity contribution in [1.29, 1.82) is 0 Å². The first-order valence-corrected chi connectivity index (χ1v) is 6.96. The van der Waals surface area contributed by atoms with Crippen LogP contribution >= 0.6 is 15.9 Å². The number of halogens is 3. The molecule has 1 unspecified atom stereocenters. The zero-order valence-electron chi connectivity index (χ0n) is 11.0. The smallest absolute Gasteiger partial charge is 0.159 e. The second-order valence-electron chi connectivity index (χ2n) is 4.70. The maximum absolute atomic E-state index is 13.2. The van der Waals surface area contributed by atoms with Crippen molar-refractivity contribution in [3.05, 3.63) is 69.2 Å². The van der Waals surface area contributed by atoms with Crippen LogP contribution in [0.25, 0.3) is 0 Å². The molecule has 0 bridgehead atoms. The van der Waals surface area contributed by atoms with E-state index >= 15 is 0 Å². The van der Waals surface area contributed by atoms with Gasteiger partial charge < -0.3 is 0 Å². The van der Waals surface area contributed by atoms with Crippen molar-refractivity contribution >= 4 is 15.9 Å². The Hall–Kier alpha value is -1.30. The first kappa shape index (κ1) is 15.1. The molecule has 0 heterocycles. The molecule has 2 nitrogen and oxygen atoms in total. The van der Waals surface area contributed by atoms with E-state index in [0.29, 0.717) is 12.0 Å². The lowest BCUT2D eigenvalue weighted by molar-refractivity contribution is 0.502. The highest BCUT2D eigenvalue weighted by Crippen LogP contribution is 2.27. The first-order valence-electron chi connectivity index (χ1n) is 6.17. The highest BCUT2D eigenvalue weighted by molar-refractivity contribution is 9.10. The van der Waals surface area contributed by atoms with E-state index in [1.807, 2.05) is 25.1 Å². The Kier molecular flexibility index (Phi) is 4.86. The summed E-state index contributed by atoms with van der Waals surface area (Å²) in [6, 6.07) is 9.63. The quantitative estimate of drug-likeness (QED) is 0.656. The topological polar surface area (TPSA) is 38.0 Å².